The van der Waals surface area contributed by atoms with Gasteiger partial charge in [-0.2, -0.15) is 0 Å². The molecule has 2 rings (SSSR count). The highest BCUT2D eigenvalue weighted by atomic mass is 16.6. The summed E-state index contributed by atoms with van der Waals surface area (Å²) in [6.45, 7) is 1.88. The molecule has 9 nitrogen and oxygen atoms in total. The van der Waals surface area contributed by atoms with Crippen molar-refractivity contribution in [2.75, 3.05) is 19.0 Å². The van der Waals surface area contributed by atoms with E-state index in [0.29, 0.717) is 0 Å². The van der Waals surface area contributed by atoms with Crippen LogP contribution in [0.5, 0.6) is 5.75 Å². The average molecular weight is 387 g/mol. The highest BCUT2D eigenvalue weighted by Gasteiger charge is 2.20. The van der Waals surface area contributed by atoms with Crippen molar-refractivity contribution in [2.45, 2.75) is 19.4 Å². The number of nitro groups is 1. The summed E-state index contributed by atoms with van der Waals surface area (Å²) in [6.07, 6.45) is -0.716. The number of ether oxygens (including phenoxy) is 2. The Morgan fingerprint density at radius 3 is 2.50 bits per heavy atom. The lowest BCUT2D eigenvalue weighted by Crippen LogP contribution is -2.32. The van der Waals surface area contributed by atoms with E-state index in [4.69, 9.17) is 9.47 Å². The van der Waals surface area contributed by atoms with Gasteiger partial charge in [0.1, 0.15) is 0 Å². The lowest BCUT2D eigenvalue weighted by molar-refractivity contribution is -0.385. The smallest absolute Gasteiger partial charge is 0.407 e. The van der Waals surface area contributed by atoms with E-state index in [0.717, 1.165) is 5.56 Å². The molecule has 0 saturated heterocycles. The van der Waals surface area contributed by atoms with Crippen LogP contribution in [0.15, 0.2) is 48.5 Å². The predicted octanol–water partition coefficient (Wildman–Crippen LogP) is 3.42. The highest BCUT2D eigenvalue weighted by Crippen LogP contribution is 2.30. The zero-order valence-corrected chi connectivity index (χ0v) is 15.5. The third-order valence-electron chi connectivity index (χ3n) is 3.82. The van der Waals surface area contributed by atoms with Gasteiger partial charge in [0.2, 0.25) is 5.91 Å². The van der Waals surface area contributed by atoms with Gasteiger partial charge in [0.05, 0.1) is 31.1 Å². The van der Waals surface area contributed by atoms with Crippen LogP contribution < -0.4 is 15.4 Å². The molecule has 0 radical (unpaired) electrons. The summed E-state index contributed by atoms with van der Waals surface area (Å²) >= 11 is 0. The second kappa shape index (κ2) is 9.91. The fourth-order valence-electron chi connectivity index (χ4n) is 2.56. The molecule has 148 valence electrons. The second-order valence-electron chi connectivity index (χ2n) is 5.72. The minimum Gasteiger partial charge on any atom is -0.490 e. The number of hydrogen-bond acceptors (Lipinski definition) is 6. The number of amides is 2. The van der Waals surface area contributed by atoms with Crippen molar-refractivity contribution in [3.63, 3.8) is 0 Å². The molecule has 2 aromatic carbocycles. The Morgan fingerprint density at radius 1 is 1.18 bits per heavy atom. The van der Waals surface area contributed by atoms with E-state index in [1.54, 1.807) is 31.2 Å². The molecule has 0 aliphatic heterocycles. The van der Waals surface area contributed by atoms with Crippen LogP contribution in [0.4, 0.5) is 16.2 Å². The Hall–Kier alpha value is -3.62. The number of nitrogens with zero attached hydrogens (tertiary/aromatic N) is 1. The van der Waals surface area contributed by atoms with Gasteiger partial charge in [0, 0.05) is 11.8 Å². The van der Waals surface area contributed by atoms with Crippen LogP contribution in [-0.4, -0.2) is 30.6 Å². The number of alkyl carbamates (subject to hydrolysis) is 1. The van der Waals surface area contributed by atoms with Crippen molar-refractivity contribution in [3.05, 3.63) is 64.2 Å². The van der Waals surface area contributed by atoms with E-state index in [2.05, 4.69) is 10.6 Å². The lowest BCUT2D eigenvalue weighted by Gasteiger charge is -2.18. The van der Waals surface area contributed by atoms with Gasteiger partial charge in [0.25, 0.3) is 0 Å². The summed E-state index contributed by atoms with van der Waals surface area (Å²) in [4.78, 5) is 34.8. The molecule has 0 bridgehead atoms. The monoisotopic (exact) mass is 387 g/mol. The first kappa shape index (κ1) is 20.7. The summed E-state index contributed by atoms with van der Waals surface area (Å²) in [5.41, 5.74) is 0.719. The van der Waals surface area contributed by atoms with Crippen LogP contribution in [0.1, 0.15) is 24.9 Å². The Morgan fingerprint density at radius 2 is 1.89 bits per heavy atom. The molecule has 0 unspecified atom stereocenters. The maximum atomic E-state index is 12.5. The highest BCUT2D eigenvalue weighted by molar-refractivity contribution is 5.92. The summed E-state index contributed by atoms with van der Waals surface area (Å²) in [6, 6.07) is 12.5. The van der Waals surface area contributed by atoms with Crippen LogP contribution in [0.3, 0.4) is 0 Å². The summed E-state index contributed by atoms with van der Waals surface area (Å²) in [5, 5.41) is 16.4. The molecule has 0 heterocycles. The third kappa shape index (κ3) is 5.70. The summed E-state index contributed by atoms with van der Waals surface area (Å²) in [5.74, 6) is -0.334. The summed E-state index contributed by atoms with van der Waals surface area (Å²) in [7, 11) is 1.33. The molecule has 0 fully saturated rings. The van der Waals surface area contributed by atoms with E-state index in [9.17, 15) is 19.7 Å². The Kier molecular flexibility index (Phi) is 7.32. The fraction of sp³-hybridized carbons (Fsp3) is 0.263. The first-order chi connectivity index (χ1) is 13.4. The lowest BCUT2D eigenvalue weighted by atomic mass is 10.0. The molecule has 0 saturated carbocycles. The number of anilines is 1. The molecule has 2 amide bonds. The van der Waals surface area contributed by atoms with Crippen LogP contribution in [0.25, 0.3) is 0 Å². The Bertz CT molecular complexity index is 841. The van der Waals surface area contributed by atoms with Gasteiger partial charge < -0.3 is 20.1 Å². The number of hydrogen-bond donors (Lipinski definition) is 2. The molecule has 0 aliphatic carbocycles. The number of carbonyl (C=O) groups is 2. The first-order valence-corrected chi connectivity index (χ1v) is 8.55. The molecular weight excluding hydrogens is 366 g/mol. The Balaban J connectivity index is 2.14. The predicted molar refractivity (Wildman–Crippen MR) is 102 cm³/mol. The summed E-state index contributed by atoms with van der Waals surface area (Å²) < 4.78 is 9.83. The fourth-order valence-corrected chi connectivity index (χ4v) is 2.56. The topological polar surface area (TPSA) is 120 Å². The molecule has 0 aromatic heterocycles. The van der Waals surface area contributed by atoms with Gasteiger partial charge >= 0.3 is 11.8 Å². The SMILES string of the molecule is CCOC(=O)N[C@@H](CC(=O)Nc1ccc(OC)c([N+](=O)[O-])c1)c1ccccc1. The van der Waals surface area contributed by atoms with Gasteiger partial charge in [0.15, 0.2) is 5.75 Å². The normalized spacial score (nSPS) is 11.2. The van der Waals surface area contributed by atoms with Crippen LogP contribution in [0, 0.1) is 10.1 Å². The van der Waals surface area contributed by atoms with Gasteiger partial charge in [-0.05, 0) is 24.6 Å². The quantitative estimate of drug-likeness (QED) is 0.529. The number of rotatable bonds is 8. The second-order valence-corrected chi connectivity index (χ2v) is 5.72. The molecule has 2 aromatic rings. The zero-order valence-electron chi connectivity index (χ0n) is 15.5. The van der Waals surface area contributed by atoms with Crippen molar-refractivity contribution in [2.24, 2.45) is 0 Å². The molecular formula is C19H21N3O6. The first-order valence-electron chi connectivity index (χ1n) is 8.55. The number of benzene rings is 2. The minimum atomic E-state index is -0.635. The van der Waals surface area contributed by atoms with E-state index in [1.165, 1.54) is 25.3 Å². The van der Waals surface area contributed by atoms with Crippen molar-refractivity contribution in [1.29, 1.82) is 0 Å². The minimum absolute atomic E-state index is 0.0807. The average Bonchev–Trinajstić information content (AvgIpc) is 2.68. The van der Waals surface area contributed by atoms with Crippen molar-refractivity contribution in [3.8, 4) is 5.75 Å². The number of nitro benzene ring substituents is 1. The van der Waals surface area contributed by atoms with Crippen molar-refractivity contribution < 1.29 is 24.0 Å². The molecule has 0 aliphatic rings. The third-order valence-corrected chi connectivity index (χ3v) is 3.82. The van der Waals surface area contributed by atoms with E-state index < -0.39 is 23.0 Å². The van der Waals surface area contributed by atoms with Gasteiger partial charge in [-0.3, -0.25) is 14.9 Å². The maximum absolute atomic E-state index is 12.5. The largest absolute Gasteiger partial charge is 0.490 e. The Labute approximate surface area is 161 Å². The van der Waals surface area contributed by atoms with E-state index in [1.807, 2.05) is 6.07 Å². The van der Waals surface area contributed by atoms with Crippen LogP contribution >= 0.6 is 0 Å². The number of methoxy groups -OCH3 is 1. The van der Waals surface area contributed by atoms with Crippen molar-refractivity contribution >= 4 is 23.4 Å². The molecule has 0 spiro atoms. The number of carbonyl (C=O) groups excluding carboxylic acids is 2. The van der Waals surface area contributed by atoms with Gasteiger partial charge in [-0.15, -0.1) is 0 Å². The van der Waals surface area contributed by atoms with Crippen LogP contribution in [-0.2, 0) is 9.53 Å². The van der Waals surface area contributed by atoms with Gasteiger partial charge in [-0.1, -0.05) is 30.3 Å². The maximum Gasteiger partial charge on any atom is 0.407 e. The van der Waals surface area contributed by atoms with Crippen LogP contribution in [0.2, 0.25) is 0 Å². The zero-order chi connectivity index (χ0) is 20.5. The molecule has 1 atom stereocenters. The number of nitrogens with one attached hydrogen (secondary N) is 2. The van der Waals surface area contributed by atoms with Gasteiger partial charge in [-0.25, -0.2) is 4.79 Å². The molecule has 9 heteroatoms. The molecule has 28 heavy (non-hydrogen) atoms. The van der Waals surface area contributed by atoms with E-state index >= 15 is 0 Å². The van der Waals surface area contributed by atoms with E-state index in [-0.39, 0.29) is 30.2 Å². The molecule has 2 N–H and O–H groups in total. The van der Waals surface area contributed by atoms with Crippen molar-refractivity contribution in [1.82, 2.24) is 5.32 Å². The standard InChI is InChI=1S/C19H21N3O6/c1-3-28-19(24)21-15(13-7-5-4-6-8-13)12-18(23)20-14-9-10-17(27-2)16(11-14)22(25)26/h4-11,15H,3,12H2,1-2H3,(H,20,23)(H,21,24)/t15-/m0/s1.